The van der Waals surface area contributed by atoms with Crippen molar-refractivity contribution in [1.29, 1.82) is 0 Å². The number of hydrogen-bond acceptors (Lipinski definition) is 3. The largest absolute Gasteiger partial charge is 0.519 e. The van der Waals surface area contributed by atoms with E-state index in [4.69, 9.17) is 9.47 Å². The second kappa shape index (κ2) is 9.42. The van der Waals surface area contributed by atoms with Crippen molar-refractivity contribution in [2.45, 2.75) is 20.3 Å². The van der Waals surface area contributed by atoms with Crippen LogP contribution in [0.25, 0.3) is 0 Å². The van der Waals surface area contributed by atoms with Gasteiger partial charge in [0.15, 0.2) is 0 Å². The van der Waals surface area contributed by atoms with Gasteiger partial charge < -0.3 is 9.47 Å². The molecule has 0 saturated heterocycles. The van der Waals surface area contributed by atoms with E-state index in [1.807, 2.05) is 32.1 Å². The van der Waals surface area contributed by atoms with Gasteiger partial charge in [-0.05, 0) is 30.7 Å². The zero-order valence-electron chi connectivity index (χ0n) is 11.7. The van der Waals surface area contributed by atoms with Gasteiger partial charge in [0, 0.05) is 6.08 Å². The zero-order valence-corrected chi connectivity index (χ0v) is 11.7. The van der Waals surface area contributed by atoms with Crippen LogP contribution < -0.4 is 0 Å². The molecule has 0 N–H and O–H groups in total. The highest BCUT2D eigenvalue weighted by Crippen LogP contribution is 2.10. The molecular weight excluding hydrogens is 252 g/mol. The van der Waals surface area contributed by atoms with Crippen molar-refractivity contribution in [3.05, 3.63) is 78.0 Å². The van der Waals surface area contributed by atoms with E-state index >= 15 is 0 Å². The summed E-state index contributed by atoms with van der Waals surface area (Å²) in [5.74, 6) is 0.871. The van der Waals surface area contributed by atoms with Crippen LogP contribution in [0.5, 0.6) is 0 Å². The van der Waals surface area contributed by atoms with Crippen molar-refractivity contribution in [2.75, 3.05) is 0 Å². The van der Waals surface area contributed by atoms with Crippen molar-refractivity contribution in [1.82, 2.24) is 0 Å². The third kappa shape index (κ3) is 5.89. The smallest absolute Gasteiger partial charge is 0.395 e. The number of carbonyl (C=O) groups is 1. The van der Waals surface area contributed by atoms with Crippen molar-refractivity contribution in [2.24, 2.45) is 0 Å². The summed E-state index contributed by atoms with van der Waals surface area (Å²) in [5, 5.41) is 0. The Labute approximate surface area is 119 Å². The molecule has 2 rings (SSSR count). The Hall–Kier alpha value is -2.51. The standard InChI is InChI=1S/C15H12O3.C2H6/c16-15(17-13-9-5-1-2-6-10-13)18-14-11-7-3-4-8-12-14;1-2/h1-5,7,9-12H,6H2;1-2H3. The van der Waals surface area contributed by atoms with Gasteiger partial charge >= 0.3 is 6.16 Å². The molecule has 0 heterocycles. The Kier molecular flexibility index (Phi) is 7.33. The SMILES string of the molecule is CC.O=C(OC1=CC=CC=C=C1)OC1=CCC=CC=C1. The minimum Gasteiger partial charge on any atom is -0.395 e. The van der Waals surface area contributed by atoms with E-state index in [9.17, 15) is 4.79 Å². The Morgan fingerprint density at radius 1 is 1.10 bits per heavy atom. The van der Waals surface area contributed by atoms with Crippen LogP contribution in [0.2, 0.25) is 0 Å². The number of carbonyl (C=O) groups excluding carboxylic acids is 1. The molecule has 2 aliphatic carbocycles. The van der Waals surface area contributed by atoms with Gasteiger partial charge in [-0.1, -0.05) is 44.2 Å². The molecule has 0 aromatic heterocycles. The molecule has 0 aliphatic heterocycles. The molecule has 0 saturated carbocycles. The lowest BCUT2D eigenvalue weighted by Gasteiger charge is -2.05. The summed E-state index contributed by atoms with van der Waals surface area (Å²) >= 11 is 0. The van der Waals surface area contributed by atoms with Crippen LogP contribution in [0.1, 0.15) is 20.3 Å². The number of rotatable bonds is 2. The monoisotopic (exact) mass is 270 g/mol. The van der Waals surface area contributed by atoms with Crippen molar-refractivity contribution >= 4 is 6.16 Å². The number of hydrogen-bond donors (Lipinski definition) is 0. The Morgan fingerprint density at radius 3 is 2.75 bits per heavy atom. The predicted octanol–water partition coefficient (Wildman–Crippen LogP) is 4.73. The molecule has 0 radical (unpaired) electrons. The van der Waals surface area contributed by atoms with Crippen LogP contribution in [0.3, 0.4) is 0 Å². The van der Waals surface area contributed by atoms with Crippen LogP contribution in [-0.4, -0.2) is 6.16 Å². The first kappa shape index (κ1) is 15.5. The molecule has 20 heavy (non-hydrogen) atoms. The summed E-state index contributed by atoms with van der Waals surface area (Å²) in [4.78, 5) is 11.5. The van der Waals surface area contributed by atoms with Crippen LogP contribution in [0.4, 0.5) is 4.79 Å². The first-order chi connectivity index (χ1) is 9.84. The Morgan fingerprint density at radius 2 is 1.90 bits per heavy atom. The molecule has 0 aromatic rings. The maximum atomic E-state index is 11.5. The lowest BCUT2D eigenvalue weighted by molar-refractivity contribution is 0.107. The second-order valence-electron chi connectivity index (χ2n) is 3.52. The van der Waals surface area contributed by atoms with Gasteiger partial charge in [0.1, 0.15) is 11.5 Å². The molecule has 3 nitrogen and oxygen atoms in total. The predicted molar refractivity (Wildman–Crippen MR) is 79.8 cm³/mol. The Bertz CT molecular complexity index is 537. The minimum atomic E-state index is -0.757. The summed E-state index contributed by atoms with van der Waals surface area (Å²) in [5.41, 5.74) is 2.84. The lowest BCUT2D eigenvalue weighted by Crippen LogP contribution is -2.05. The van der Waals surface area contributed by atoms with Crippen LogP contribution in [-0.2, 0) is 9.47 Å². The highest BCUT2D eigenvalue weighted by Gasteiger charge is 2.09. The highest BCUT2D eigenvalue weighted by atomic mass is 16.7. The molecule has 0 bridgehead atoms. The van der Waals surface area contributed by atoms with Gasteiger partial charge in [0.05, 0.1) is 0 Å². The average Bonchev–Trinajstić information content (AvgIpc) is 2.86. The third-order valence-electron chi connectivity index (χ3n) is 2.15. The molecular formula is C17H18O3. The van der Waals surface area contributed by atoms with Crippen LogP contribution in [0.15, 0.2) is 78.0 Å². The Balaban J connectivity index is 0.000000956. The topological polar surface area (TPSA) is 35.5 Å². The number of allylic oxidation sites excluding steroid dienone is 9. The van der Waals surface area contributed by atoms with Crippen LogP contribution in [0, 0.1) is 0 Å². The fourth-order valence-corrected chi connectivity index (χ4v) is 1.35. The average molecular weight is 270 g/mol. The van der Waals surface area contributed by atoms with Gasteiger partial charge in [0.25, 0.3) is 0 Å². The van der Waals surface area contributed by atoms with E-state index < -0.39 is 6.16 Å². The molecule has 0 aromatic carbocycles. The minimum absolute atomic E-state index is 0.390. The summed E-state index contributed by atoms with van der Waals surface area (Å²) in [6, 6.07) is 0. The first-order valence-corrected chi connectivity index (χ1v) is 6.57. The molecule has 0 fully saturated rings. The molecule has 2 aliphatic rings. The normalized spacial score (nSPS) is 15.3. The molecule has 104 valence electrons. The van der Waals surface area contributed by atoms with Gasteiger partial charge in [-0.2, -0.15) is 0 Å². The molecule has 0 atom stereocenters. The van der Waals surface area contributed by atoms with E-state index in [1.165, 1.54) is 0 Å². The van der Waals surface area contributed by atoms with E-state index in [1.54, 1.807) is 42.5 Å². The van der Waals surface area contributed by atoms with E-state index in [0.29, 0.717) is 11.5 Å². The quantitative estimate of drug-likeness (QED) is 0.537. The van der Waals surface area contributed by atoms with Gasteiger partial charge in [-0.3, -0.25) is 0 Å². The maximum absolute atomic E-state index is 11.5. The van der Waals surface area contributed by atoms with Crippen molar-refractivity contribution < 1.29 is 14.3 Å². The highest BCUT2D eigenvalue weighted by molar-refractivity contribution is 5.64. The lowest BCUT2D eigenvalue weighted by atomic mass is 10.3. The zero-order chi connectivity index (χ0) is 14.6. The van der Waals surface area contributed by atoms with Crippen LogP contribution >= 0.6 is 0 Å². The first-order valence-electron chi connectivity index (χ1n) is 6.57. The van der Waals surface area contributed by atoms with Crippen molar-refractivity contribution in [3.8, 4) is 0 Å². The van der Waals surface area contributed by atoms with E-state index in [0.717, 1.165) is 6.42 Å². The molecule has 0 amide bonds. The third-order valence-corrected chi connectivity index (χ3v) is 2.15. The summed E-state index contributed by atoms with van der Waals surface area (Å²) in [6.45, 7) is 4.00. The van der Waals surface area contributed by atoms with Gasteiger partial charge in [0.2, 0.25) is 0 Å². The van der Waals surface area contributed by atoms with Gasteiger partial charge in [-0.25, -0.2) is 4.79 Å². The van der Waals surface area contributed by atoms with Gasteiger partial charge in [-0.15, -0.1) is 5.73 Å². The number of ether oxygens (including phenoxy) is 2. The fraction of sp³-hybridized carbons (Fsp3) is 0.176. The summed E-state index contributed by atoms with van der Waals surface area (Å²) < 4.78 is 10.1. The summed E-state index contributed by atoms with van der Waals surface area (Å²) in [7, 11) is 0. The van der Waals surface area contributed by atoms with E-state index in [-0.39, 0.29) is 0 Å². The summed E-state index contributed by atoms with van der Waals surface area (Å²) in [6.07, 6.45) is 17.7. The fourth-order valence-electron chi connectivity index (χ4n) is 1.35. The maximum Gasteiger partial charge on any atom is 0.519 e. The molecule has 3 heteroatoms. The molecule has 0 unspecified atom stereocenters. The molecule has 0 spiro atoms. The van der Waals surface area contributed by atoms with Crippen molar-refractivity contribution in [3.63, 3.8) is 0 Å². The second-order valence-corrected chi connectivity index (χ2v) is 3.52. The van der Waals surface area contributed by atoms with E-state index in [2.05, 4.69) is 5.73 Å².